The fraction of sp³-hybridized carbons (Fsp3) is 0.571. The standard InChI is InChI=1S/C14H21NO/c1-11(2)14(16)9-15(10-14)12(3)13-7-5-4-6-8-13/h4-8,11-12,16H,9-10H2,1-3H3. The van der Waals surface area contributed by atoms with Gasteiger partial charge in [0.05, 0.1) is 5.60 Å². The molecule has 0 radical (unpaired) electrons. The van der Waals surface area contributed by atoms with Gasteiger partial charge in [-0.25, -0.2) is 0 Å². The smallest absolute Gasteiger partial charge is 0.0923 e. The lowest BCUT2D eigenvalue weighted by atomic mass is 9.81. The van der Waals surface area contributed by atoms with E-state index in [1.54, 1.807) is 0 Å². The van der Waals surface area contributed by atoms with Crippen molar-refractivity contribution in [2.45, 2.75) is 32.4 Å². The van der Waals surface area contributed by atoms with Crippen molar-refractivity contribution >= 4 is 0 Å². The molecule has 1 fully saturated rings. The molecule has 1 atom stereocenters. The summed E-state index contributed by atoms with van der Waals surface area (Å²) in [5.41, 5.74) is 0.858. The lowest BCUT2D eigenvalue weighted by Gasteiger charge is -2.51. The Morgan fingerprint density at radius 2 is 1.69 bits per heavy atom. The van der Waals surface area contributed by atoms with E-state index in [0.29, 0.717) is 12.0 Å². The number of likely N-dealkylation sites (tertiary alicyclic amines) is 1. The van der Waals surface area contributed by atoms with Crippen LogP contribution in [0.5, 0.6) is 0 Å². The Kier molecular flexibility index (Phi) is 3.04. The first-order chi connectivity index (χ1) is 7.53. The average molecular weight is 219 g/mol. The van der Waals surface area contributed by atoms with Crippen molar-refractivity contribution in [2.75, 3.05) is 13.1 Å². The maximum atomic E-state index is 10.2. The number of aliphatic hydroxyl groups is 1. The van der Waals surface area contributed by atoms with Crippen LogP contribution in [0.2, 0.25) is 0 Å². The van der Waals surface area contributed by atoms with Crippen LogP contribution < -0.4 is 0 Å². The summed E-state index contributed by atoms with van der Waals surface area (Å²) >= 11 is 0. The number of benzene rings is 1. The third-order valence-electron chi connectivity index (χ3n) is 3.86. The molecule has 88 valence electrons. The third-order valence-corrected chi connectivity index (χ3v) is 3.86. The lowest BCUT2D eigenvalue weighted by molar-refractivity contribution is -0.141. The van der Waals surface area contributed by atoms with Crippen LogP contribution in [0.3, 0.4) is 0 Å². The lowest BCUT2D eigenvalue weighted by Crippen LogP contribution is -2.64. The zero-order chi connectivity index (χ0) is 11.8. The fourth-order valence-corrected chi connectivity index (χ4v) is 2.24. The molecule has 0 saturated carbocycles. The van der Waals surface area contributed by atoms with Gasteiger partial charge >= 0.3 is 0 Å². The fourth-order valence-electron chi connectivity index (χ4n) is 2.24. The number of rotatable bonds is 3. The summed E-state index contributed by atoms with van der Waals surface area (Å²) in [5, 5.41) is 10.2. The largest absolute Gasteiger partial charge is 0.387 e. The van der Waals surface area contributed by atoms with Gasteiger partial charge in [0, 0.05) is 19.1 Å². The van der Waals surface area contributed by atoms with E-state index in [4.69, 9.17) is 0 Å². The highest BCUT2D eigenvalue weighted by atomic mass is 16.3. The minimum absolute atomic E-state index is 0.340. The number of hydrogen-bond acceptors (Lipinski definition) is 2. The van der Waals surface area contributed by atoms with E-state index in [-0.39, 0.29) is 0 Å². The normalized spacial score (nSPS) is 21.8. The number of nitrogens with zero attached hydrogens (tertiary/aromatic N) is 1. The molecule has 0 spiro atoms. The van der Waals surface area contributed by atoms with Gasteiger partial charge < -0.3 is 5.11 Å². The molecule has 0 aliphatic carbocycles. The van der Waals surface area contributed by atoms with E-state index in [0.717, 1.165) is 13.1 Å². The van der Waals surface area contributed by atoms with E-state index in [1.807, 2.05) is 6.07 Å². The van der Waals surface area contributed by atoms with E-state index >= 15 is 0 Å². The van der Waals surface area contributed by atoms with E-state index in [2.05, 4.69) is 49.9 Å². The average Bonchev–Trinajstić information content (AvgIpc) is 2.25. The van der Waals surface area contributed by atoms with Crippen LogP contribution in [-0.2, 0) is 0 Å². The molecule has 1 N–H and O–H groups in total. The second kappa shape index (κ2) is 4.19. The van der Waals surface area contributed by atoms with Crippen molar-refractivity contribution in [3.8, 4) is 0 Å². The van der Waals surface area contributed by atoms with Gasteiger partial charge in [-0.05, 0) is 18.4 Å². The summed E-state index contributed by atoms with van der Waals surface area (Å²) in [4.78, 5) is 2.33. The molecule has 2 nitrogen and oxygen atoms in total. The van der Waals surface area contributed by atoms with Gasteiger partial charge in [-0.3, -0.25) is 4.90 Å². The maximum absolute atomic E-state index is 10.2. The molecule has 1 aliphatic heterocycles. The third kappa shape index (κ3) is 2.00. The molecule has 16 heavy (non-hydrogen) atoms. The van der Waals surface area contributed by atoms with Crippen molar-refractivity contribution in [2.24, 2.45) is 5.92 Å². The SMILES string of the molecule is CC(c1ccccc1)N1CC(O)(C(C)C)C1. The van der Waals surface area contributed by atoms with Gasteiger partial charge in [0.15, 0.2) is 0 Å². The van der Waals surface area contributed by atoms with E-state index in [9.17, 15) is 5.11 Å². The van der Waals surface area contributed by atoms with Gasteiger partial charge in [-0.2, -0.15) is 0 Å². The number of hydrogen-bond donors (Lipinski definition) is 1. The van der Waals surface area contributed by atoms with Gasteiger partial charge in [0.2, 0.25) is 0 Å². The molecule has 0 bridgehead atoms. The number of β-amino-alcohol motifs (C(OH)–C–C–N with tert-alkyl or cyclic N) is 1. The first-order valence-electron chi connectivity index (χ1n) is 6.04. The molecular formula is C14H21NO. The Hall–Kier alpha value is -0.860. The Bertz CT molecular complexity index is 341. The Labute approximate surface area is 97.9 Å². The van der Waals surface area contributed by atoms with Crippen molar-refractivity contribution in [3.05, 3.63) is 35.9 Å². The molecule has 0 aromatic heterocycles. The molecule has 1 unspecified atom stereocenters. The molecule has 1 aromatic carbocycles. The molecule has 2 heteroatoms. The summed E-state index contributed by atoms with van der Waals surface area (Å²) < 4.78 is 0. The van der Waals surface area contributed by atoms with E-state index < -0.39 is 5.60 Å². The second-order valence-electron chi connectivity index (χ2n) is 5.25. The molecule has 2 rings (SSSR count). The first kappa shape index (κ1) is 11.6. The van der Waals surface area contributed by atoms with Crippen molar-refractivity contribution < 1.29 is 5.11 Å². The molecule has 1 aliphatic rings. The van der Waals surface area contributed by atoms with Crippen molar-refractivity contribution in [1.29, 1.82) is 0 Å². The minimum Gasteiger partial charge on any atom is -0.387 e. The summed E-state index contributed by atoms with van der Waals surface area (Å²) in [5.74, 6) is 0.340. The minimum atomic E-state index is -0.469. The zero-order valence-corrected chi connectivity index (χ0v) is 10.4. The quantitative estimate of drug-likeness (QED) is 0.844. The second-order valence-corrected chi connectivity index (χ2v) is 5.25. The van der Waals surface area contributed by atoms with Crippen LogP contribution in [0.25, 0.3) is 0 Å². The van der Waals surface area contributed by atoms with Crippen LogP contribution in [0, 0.1) is 5.92 Å². The summed E-state index contributed by atoms with van der Waals surface area (Å²) in [7, 11) is 0. The first-order valence-corrected chi connectivity index (χ1v) is 6.04. The van der Waals surface area contributed by atoms with Gasteiger partial charge in [0.25, 0.3) is 0 Å². The summed E-state index contributed by atoms with van der Waals surface area (Å²) in [6, 6.07) is 10.9. The molecule has 1 aromatic rings. The van der Waals surface area contributed by atoms with Gasteiger partial charge in [-0.1, -0.05) is 44.2 Å². The predicted molar refractivity (Wildman–Crippen MR) is 66.2 cm³/mol. The van der Waals surface area contributed by atoms with Gasteiger partial charge in [-0.15, -0.1) is 0 Å². The monoisotopic (exact) mass is 219 g/mol. The van der Waals surface area contributed by atoms with Crippen LogP contribution in [0.1, 0.15) is 32.4 Å². The molecule has 0 amide bonds. The zero-order valence-electron chi connectivity index (χ0n) is 10.4. The topological polar surface area (TPSA) is 23.5 Å². The highest BCUT2D eigenvalue weighted by molar-refractivity contribution is 5.19. The highest BCUT2D eigenvalue weighted by Gasteiger charge is 2.45. The Balaban J connectivity index is 1.98. The summed E-state index contributed by atoms with van der Waals surface area (Å²) in [6.45, 7) is 7.96. The van der Waals surface area contributed by atoms with Crippen LogP contribution in [0.4, 0.5) is 0 Å². The van der Waals surface area contributed by atoms with Crippen LogP contribution >= 0.6 is 0 Å². The van der Waals surface area contributed by atoms with Gasteiger partial charge in [0.1, 0.15) is 0 Å². The maximum Gasteiger partial charge on any atom is 0.0923 e. The Morgan fingerprint density at radius 3 is 2.19 bits per heavy atom. The van der Waals surface area contributed by atoms with Crippen LogP contribution in [-0.4, -0.2) is 28.7 Å². The van der Waals surface area contributed by atoms with E-state index in [1.165, 1.54) is 5.56 Å². The molecule has 1 saturated heterocycles. The summed E-state index contributed by atoms with van der Waals surface area (Å²) in [6.07, 6.45) is 0. The van der Waals surface area contributed by atoms with Crippen LogP contribution in [0.15, 0.2) is 30.3 Å². The molecule has 1 heterocycles. The van der Waals surface area contributed by atoms with Crippen molar-refractivity contribution in [3.63, 3.8) is 0 Å². The van der Waals surface area contributed by atoms with Crippen molar-refractivity contribution in [1.82, 2.24) is 4.90 Å². The predicted octanol–water partition coefficient (Wildman–Crippen LogP) is 2.45. The molecular weight excluding hydrogens is 198 g/mol. The Morgan fingerprint density at radius 1 is 1.12 bits per heavy atom. The highest BCUT2D eigenvalue weighted by Crippen LogP contribution is 2.34.